The van der Waals surface area contributed by atoms with E-state index in [2.05, 4.69) is 23.5 Å². The molecule has 2 aliphatic rings. The van der Waals surface area contributed by atoms with Gasteiger partial charge in [0, 0.05) is 12.5 Å². The van der Waals surface area contributed by atoms with Crippen molar-refractivity contribution in [3.8, 4) is 5.75 Å². The highest BCUT2D eigenvalue weighted by Crippen LogP contribution is 2.33. The summed E-state index contributed by atoms with van der Waals surface area (Å²) in [6.07, 6.45) is 6.89. The summed E-state index contributed by atoms with van der Waals surface area (Å²) >= 11 is 0. The predicted molar refractivity (Wildman–Crippen MR) is 80.2 cm³/mol. The number of benzene rings is 1. The molecule has 1 fully saturated rings. The summed E-state index contributed by atoms with van der Waals surface area (Å²) in [6, 6.07) is 7.07. The molecule has 0 spiro atoms. The van der Waals surface area contributed by atoms with Gasteiger partial charge in [-0.1, -0.05) is 12.1 Å². The van der Waals surface area contributed by atoms with Gasteiger partial charge in [-0.2, -0.15) is 0 Å². The van der Waals surface area contributed by atoms with Gasteiger partial charge in [-0.15, -0.1) is 0 Å². The minimum absolute atomic E-state index is 0.455. The van der Waals surface area contributed by atoms with Crippen molar-refractivity contribution >= 4 is 0 Å². The van der Waals surface area contributed by atoms with Crippen molar-refractivity contribution in [2.75, 3.05) is 13.7 Å². The molecule has 2 N–H and O–H groups in total. The van der Waals surface area contributed by atoms with E-state index in [9.17, 15) is 5.11 Å². The van der Waals surface area contributed by atoms with Gasteiger partial charge in [-0.3, -0.25) is 0 Å². The van der Waals surface area contributed by atoms with Crippen LogP contribution >= 0.6 is 0 Å². The fourth-order valence-corrected chi connectivity index (χ4v) is 3.47. The molecule has 0 bridgehead atoms. The Kier molecular flexibility index (Phi) is 3.99. The lowest BCUT2D eigenvalue weighted by Crippen LogP contribution is -2.40. The number of rotatable bonds is 4. The monoisotopic (exact) mass is 275 g/mol. The highest BCUT2D eigenvalue weighted by molar-refractivity contribution is 5.39. The second-order valence-electron chi connectivity index (χ2n) is 6.33. The van der Waals surface area contributed by atoms with Gasteiger partial charge in [0.25, 0.3) is 0 Å². The minimum Gasteiger partial charge on any atom is -0.493 e. The van der Waals surface area contributed by atoms with Crippen molar-refractivity contribution in [2.45, 2.75) is 56.6 Å². The van der Waals surface area contributed by atoms with Crippen LogP contribution in [0, 0.1) is 0 Å². The first-order chi connectivity index (χ1) is 9.68. The summed E-state index contributed by atoms with van der Waals surface area (Å²) in [4.78, 5) is 0. The second kappa shape index (κ2) is 5.74. The van der Waals surface area contributed by atoms with Crippen LogP contribution in [-0.2, 0) is 12.8 Å². The number of nitrogens with one attached hydrogen (secondary N) is 1. The normalized spacial score (nSPS) is 29.0. The Morgan fingerprint density at radius 3 is 2.90 bits per heavy atom. The second-order valence-corrected chi connectivity index (χ2v) is 6.33. The van der Waals surface area contributed by atoms with Gasteiger partial charge in [-0.25, -0.2) is 0 Å². The molecule has 0 unspecified atom stereocenters. The third-order valence-corrected chi connectivity index (χ3v) is 4.96. The zero-order chi connectivity index (χ0) is 14.0. The number of aryl methyl sites for hydroxylation is 1. The van der Waals surface area contributed by atoms with E-state index >= 15 is 0 Å². The van der Waals surface area contributed by atoms with E-state index in [1.54, 1.807) is 0 Å². The molecule has 1 saturated carbocycles. The lowest BCUT2D eigenvalue weighted by Gasteiger charge is -2.36. The highest BCUT2D eigenvalue weighted by atomic mass is 16.5. The number of aliphatic hydroxyl groups is 1. The molecule has 0 amide bonds. The molecule has 3 nitrogen and oxygen atoms in total. The fourth-order valence-electron chi connectivity index (χ4n) is 3.47. The average Bonchev–Trinajstić information content (AvgIpc) is 2.94. The Labute approximate surface area is 121 Å². The third-order valence-electron chi connectivity index (χ3n) is 4.96. The smallest absolute Gasteiger partial charge is 0.122 e. The maximum Gasteiger partial charge on any atom is 0.122 e. The van der Waals surface area contributed by atoms with Crippen LogP contribution in [-0.4, -0.2) is 30.4 Å². The van der Waals surface area contributed by atoms with Crippen LogP contribution in [0.1, 0.15) is 43.2 Å². The van der Waals surface area contributed by atoms with Crippen molar-refractivity contribution < 1.29 is 9.84 Å². The Bertz CT molecular complexity index is 464. The van der Waals surface area contributed by atoms with Gasteiger partial charge in [0.05, 0.1) is 12.2 Å². The van der Waals surface area contributed by atoms with Crippen LogP contribution in [0.3, 0.4) is 0 Å². The number of ether oxygens (including phenoxy) is 1. The number of hydrogen-bond donors (Lipinski definition) is 2. The molecule has 20 heavy (non-hydrogen) atoms. The summed E-state index contributed by atoms with van der Waals surface area (Å²) in [7, 11) is 2.02. The van der Waals surface area contributed by atoms with Gasteiger partial charge in [0.15, 0.2) is 0 Å². The molecular weight excluding hydrogens is 250 g/mol. The largest absolute Gasteiger partial charge is 0.493 e. The van der Waals surface area contributed by atoms with E-state index in [1.165, 1.54) is 11.1 Å². The summed E-state index contributed by atoms with van der Waals surface area (Å²) in [5.41, 5.74) is 2.20. The minimum atomic E-state index is -0.455. The maximum atomic E-state index is 10.7. The van der Waals surface area contributed by atoms with Crippen LogP contribution in [0.5, 0.6) is 5.75 Å². The van der Waals surface area contributed by atoms with Crippen LogP contribution in [0.25, 0.3) is 0 Å². The summed E-state index contributed by atoms with van der Waals surface area (Å²) < 4.78 is 5.54. The summed E-state index contributed by atoms with van der Waals surface area (Å²) in [5, 5.41) is 14.0. The maximum absolute atomic E-state index is 10.7. The first-order valence-electron chi connectivity index (χ1n) is 7.83. The van der Waals surface area contributed by atoms with Gasteiger partial charge in [-0.05, 0) is 62.8 Å². The van der Waals surface area contributed by atoms with E-state index in [-0.39, 0.29) is 0 Å². The Morgan fingerprint density at radius 2 is 2.15 bits per heavy atom. The molecule has 3 rings (SSSR count). The van der Waals surface area contributed by atoms with Crippen LogP contribution in [0.15, 0.2) is 18.2 Å². The molecule has 0 aromatic heterocycles. The lowest BCUT2D eigenvalue weighted by molar-refractivity contribution is -0.0100. The Balaban J connectivity index is 1.56. The molecular formula is C17H25NO2. The van der Waals surface area contributed by atoms with E-state index < -0.39 is 5.60 Å². The topological polar surface area (TPSA) is 41.5 Å². The Hall–Kier alpha value is -1.06. The van der Waals surface area contributed by atoms with E-state index in [0.717, 1.165) is 57.3 Å². The molecule has 1 aliphatic heterocycles. The molecule has 1 aromatic rings. The van der Waals surface area contributed by atoms with Crippen molar-refractivity contribution in [1.29, 1.82) is 0 Å². The van der Waals surface area contributed by atoms with Crippen molar-refractivity contribution in [3.05, 3.63) is 29.3 Å². The molecule has 0 radical (unpaired) electrons. The van der Waals surface area contributed by atoms with Crippen LogP contribution in [0.2, 0.25) is 0 Å². The zero-order valence-corrected chi connectivity index (χ0v) is 12.3. The van der Waals surface area contributed by atoms with Crippen LogP contribution in [0.4, 0.5) is 0 Å². The average molecular weight is 275 g/mol. The lowest BCUT2D eigenvalue weighted by atomic mass is 9.79. The number of fused-ring (bicyclic) bond motifs is 1. The Morgan fingerprint density at radius 1 is 1.35 bits per heavy atom. The fraction of sp³-hybridized carbons (Fsp3) is 0.647. The van der Waals surface area contributed by atoms with Gasteiger partial charge < -0.3 is 15.2 Å². The molecule has 1 aliphatic carbocycles. The van der Waals surface area contributed by atoms with Crippen molar-refractivity contribution in [2.24, 2.45) is 0 Å². The standard InChI is InChI=1S/C17H25NO2/c1-18-15-5-9-17(19,10-6-15)8-4-13-2-3-16-14(12-13)7-11-20-16/h2-3,12,15,18-19H,4-11H2,1H3. The summed E-state index contributed by atoms with van der Waals surface area (Å²) in [6.45, 7) is 0.814. The van der Waals surface area contributed by atoms with Crippen LogP contribution < -0.4 is 10.1 Å². The van der Waals surface area contributed by atoms with E-state index in [4.69, 9.17) is 4.74 Å². The van der Waals surface area contributed by atoms with Crippen molar-refractivity contribution in [1.82, 2.24) is 5.32 Å². The predicted octanol–water partition coefficient (Wildman–Crippen LogP) is 2.45. The molecule has 1 aromatic carbocycles. The highest BCUT2D eigenvalue weighted by Gasteiger charge is 2.32. The molecule has 110 valence electrons. The first kappa shape index (κ1) is 13.9. The summed E-state index contributed by atoms with van der Waals surface area (Å²) in [5.74, 6) is 1.04. The van der Waals surface area contributed by atoms with Gasteiger partial charge in [0.1, 0.15) is 5.75 Å². The first-order valence-corrected chi connectivity index (χ1v) is 7.83. The zero-order valence-electron chi connectivity index (χ0n) is 12.3. The molecule has 0 saturated heterocycles. The van der Waals surface area contributed by atoms with Gasteiger partial charge in [0.2, 0.25) is 0 Å². The van der Waals surface area contributed by atoms with E-state index in [1.807, 2.05) is 7.05 Å². The third kappa shape index (κ3) is 2.99. The molecule has 0 atom stereocenters. The number of hydrogen-bond acceptors (Lipinski definition) is 3. The van der Waals surface area contributed by atoms with Crippen molar-refractivity contribution in [3.63, 3.8) is 0 Å². The quantitative estimate of drug-likeness (QED) is 0.887. The SMILES string of the molecule is CNC1CCC(O)(CCc2ccc3c(c2)CCO3)CC1. The molecule has 1 heterocycles. The van der Waals surface area contributed by atoms with Gasteiger partial charge >= 0.3 is 0 Å². The van der Waals surface area contributed by atoms with E-state index in [0.29, 0.717) is 6.04 Å². The molecule has 3 heteroatoms.